The van der Waals surface area contributed by atoms with E-state index >= 15 is 0 Å². The van der Waals surface area contributed by atoms with E-state index < -0.39 is 5.97 Å². The number of nitrogens with zero attached hydrogens (tertiary/aromatic N) is 2. The zero-order valence-electron chi connectivity index (χ0n) is 9.89. The van der Waals surface area contributed by atoms with Crippen LogP contribution in [0.25, 0.3) is 0 Å². The molecule has 2 saturated heterocycles. The van der Waals surface area contributed by atoms with Gasteiger partial charge in [0.15, 0.2) is 0 Å². The summed E-state index contributed by atoms with van der Waals surface area (Å²) in [5, 5.41) is 11.8. The van der Waals surface area contributed by atoms with Gasteiger partial charge in [0.25, 0.3) is 0 Å². The van der Waals surface area contributed by atoms with Gasteiger partial charge in [0.2, 0.25) is 0 Å². The van der Waals surface area contributed by atoms with E-state index in [-0.39, 0.29) is 12.5 Å². The lowest BCUT2D eigenvalue weighted by Gasteiger charge is -2.28. The standard InChI is InChI=1S/C11H19N3O3/c15-10(16)3-1-2-5-13-8-9-7-12-4-6-14(9)11(13)17/h9,12H,1-8H2,(H,15,16)/t9-/m0/s1. The summed E-state index contributed by atoms with van der Waals surface area (Å²) in [5.74, 6) is -0.764. The van der Waals surface area contributed by atoms with E-state index in [2.05, 4.69) is 5.32 Å². The van der Waals surface area contributed by atoms with Gasteiger partial charge in [-0.15, -0.1) is 0 Å². The Morgan fingerprint density at radius 1 is 1.47 bits per heavy atom. The van der Waals surface area contributed by atoms with Crippen molar-refractivity contribution in [3.8, 4) is 0 Å². The molecule has 0 aromatic rings. The molecule has 6 heteroatoms. The summed E-state index contributed by atoms with van der Waals surface area (Å²) in [5.41, 5.74) is 0. The lowest BCUT2D eigenvalue weighted by Crippen LogP contribution is -2.49. The second kappa shape index (κ2) is 5.35. The Labute approximate surface area is 101 Å². The SMILES string of the molecule is O=C(O)CCCCN1C[C@@H]2CNCCN2C1=O. The fourth-order valence-corrected chi connectivity index (χ4v) is 2.46. The number of hydrogen-bond acceptors (Lipinski definition) is 3. The Bertz CT molecular complexity index is 308. The Hall–Kier alpha value is -1.30. The molecule has 0 radical (unpaired) electrons. The van der Waals surface area contributed by atoms with Gasteiger partial charge in [0.05, 0.1) is 6.04 Å². The first-order chi connectivity index (χ1) is 8.18. The van der Waals surface area contributed by atoms with Crippen molar-refractivity contribution in [1.29, 1.82) is 0 Å². The summed E-state index contributed by atoms with van der Waals surface area (Å²) in [4.78, 5) is 26.1. The number of amides is 2. The van der Waals surface area contributed by atoms with Crippen LogP contribution >= 0.6 is 0 Å². The number of unbranched alkanes of at least 4 members (excludes halogenated alkanes) is 1. The number of carboxylic acids is 1. The first-order valence-corrected chi connectivity index (χ1v) is 6.16. The maximum Gasteiger partial charge on any atom is 0.320 e. The van der Waals surface area contributed by atoms with E-state index in [1.807, 2.05) is 9.80 Å². The maximum atomic E-state index is 12.0. The van der Waals surface area contributed by atoms with Crippen LogP contribution in [0.2, 0.25) is 0 Å². The van der Waals surface area contributed by atoms with Gasteiger partial charge in [0.1, 0.15) is 0 Å². The van der Waals surface area contributed by atoms with E-state index in [0.717, 1.165) is 32.6 Å². The number of rotatable bonds is 5. The molecule has 17 heavy (non-hydrogen) atoms. The summed E-state index contributed by atoms with van der Waals surface area (Å²) >= 11 is 0. The molecule has 0 aromatic heterocycles. The minimum absolute atomic E-state index is 0.117. The van der Waals surface area contributed by atoms with E-state index in [0.29, 0.717) is 19.0 Å². The molecule has 0 aromatic carbocycles. The average Bonchev–Trinajstić information content (AvgIpc) is 2.63. The number of aliphatic carboxylic acids is 1. The van der Waals surface area contributed by atoms with Crippen molar-refractivity contribution in [2.24, 2.45) is 0 Å². The van der Waals surface area contributed by atoms with Gasteiger partial charge in [-0.3, -0.25) is 4.79 Å². The van der Waals surface area contributed by atoms with E-state index in [1.54, 1.807) is 0 Å². The number of urea groups is 1. The van der Waals surface area contributed by atoms with Crippen LogP contribution < -0.4 is 5.32 Å². The third-order valence-electron chi connectivity index (χ3n) is 3.37. The highest BCUT2D eigenvalue weighted by Gasteiger charge is 2.37. The zero-order valence-corrected chi connectivity index (χ0v) is 9.89. The molecule has 0 saturated carbocycles. The smallest absolute Gasteiger partial charge is 0.320 e. The number of carbonyl (C=O) groups excluding carboxylic acids is 1. The lowest BCUT2D eigenvalue weighted by atomic mass is 10.2. The molecule has 2 aliphatic rings. The van der Waals surface area contributed by atoms with Gasteiger partial charge in [-0.25, -0.2) is 4.79 Å². The van der Waals surface area contributed by atoms with E-state index in [4.69, 9.17) is 5.11 Å². The highest BCUT2D eigenvalue weighted by molar-refractivity contribution is 5.77. The van der Waals surface area contributed by atoms with Crippen molar-refractivity contribution in [2.75, 3.05) is 32.7 Å². The van der Waals surface area contributed by atoms with Gasteiger partial charge in [-0.05, 0) is 12.8 Å². The minimum atomic E-state index is -0.764. The molecular weight excluding hydrogens is 222 g/mol. The van der Waals surface area contributed by atoms with Crippen molar-refractivity contribution in [3.63, 3.8) is 0 Å². The maximum absolute atomic E-state index is 12.0. The average molecular weight is 241 g/mol. The molecule has 2 N–H and O–H groups in total. The number of hydrogen-bond donors (Lipinski definition) is 2. The predicted molar refractivity (Wildman–Crippen MR) is 61.8 cm³/mol. The fourth-order valence-electron chi connectivity index (χ4n) is 2.46. The molecule has 0 spiro atoms. The van der Waals surface area contributed by atoms with Gasteiger partial charge < -0.3 is 20.2 Å². The minimum Gasteiger partial charge on any atom is -0.481 e. The molecule has 2 aliphatic heterocycles. The highest BCUT2D eigenvalue weighted by Crippen LogP contribution is 2.17. The van der Waals surface area contributed by atoms with E-state index in [1.165, 1.54) is 0 Å². The Morgan fingerprint density at radius 3 is 3.00 bits per heavy atom. The Morgan fingerprint density at radius 2 is 2.29 bits per heavy atom. The third-order valence-corrected chi connectivity index (χ3v) is 3.37. The largest absolute Gasteiger partial charge is 0.481 e. The molecule has 96 valence electrons. The molecule has 1 atom stereocenters. The molecule has 0 aliphatic carbocycles. The van der Waals surface area contributed by atoms with Crippen molar-refractivity contribution < 1.29 is 14.7 Å². The summed E-state index contributed by atoms with van der Waals surface area (Å²) in [6.45, 7) is 3.99. The molecule has 0 bridgehead atoms. The van der Waals surface area contributed by atoms with Crippen LogP contribution in [-0.4, -0.2) is 65.7 Å². The molecule has 2 heterocycles. The van der Waals surface area contributed by atoms with Crippen LogP contribution in [0.15, 0.2) is 0 Å². The normalized spacial score (nSPS) is 24.0. The van der Waals surface area contributed by atoms with Crippen molar-refractivity contribution in [3.05, 3.63) is 0 Å². The molecule has 0 unspecified atom stereocenters. The van der Waals surface area contributed by atoms with Crippen molar-refractivity contribution in [1.82, 2.24) is 15.1 Å². The van der Waals surface area contributed by atoms with Crippen LogP contribution in [0.3, 0.4) is 0 Å². The number of nitrogens with one attached hydrogen (secondary N) is 1. The van der Waals surface area contributed by atoms with Gasteiger partial charge >= 0.3 is 12.0 Å². The van der Waals surface area contributed by atoms with Gasteiger partial charge in [-0.2, -0.15) is 0 Å². The van der Waals surface area contributed by atoms with Crippen LogP contribution in [0, 0.1) is 0 Å². The Kier molecular flexibility index (Phi) is 3.83. The van der Waals surface area contributed by atoms with Crippen LogP contribution in [0.5, 0.6) is 0 Å². The summed E-state index contributed by atoms with van der Waals surface area (Å²) in [6.07, 6.45) is 1.60. The fraction of sp³-hybridized carbons (Fsp3) is 0.818. The van der Waals surface area contributed by atoms with Crippen molar-refractivity contribution in [2.45, 2.75) is 25.3 Å². The first kappa shape index (κ1) is 12.2. The van der Waals surface area contributed by atoms with Crippen LogP contribution in [0.1, 0.15) is 19.3 Å². The van der Waals surface area contributed by atoms with Crippen LogP contribution in [-0.2, 0) is 4.79 Å². The number of fused-ring (bicyclic) bond motifs is 1. The summed E-state index contributed by atoms with van der Waals surface area (Å²) in [6, 6.07) is 0.419. The molecule has 6 nitrogen and oxygen atoms in total. The first-order valence-electron chi connectivity index (χ1n) is 6.16. The number of carboxylic acid groups (broad SMARTS) is 1. The molecular formula is C11H19N3O3. The number of carbonyl (C=O) groups is 2. The monoisotopic (exact) mass is 241 g/mol. The summed E-state index contributed by atoms with van der Waals surface area (Å²) < 4.78 is 0. The Balaban J connectivity index is 1.74. The van der Waals surface area contributed by atoms with E-state index in [9.17, 15) is 9.59 Å². The van der Waals surface area contributed by atoms with Crippen LogP contribution in [0.4, 0.5) is 4.79 Å². The van der Waals surface area contributed by atoms with Gasteiger partial charge in [0, 0.05) is 39.1 Å². The topological polar surface area (TPSA) is 72.9 Å². The number of piperazine rings is 1. The molecule has 2 fully saturated rings. The second-order valence-corrected chi connectivity index (χ2v) is 4.63. The zero-order chi connectivity index (χ0) is 12.3. The summed E-state index contributed by atoms with van der Waals surface area (Å²) in [7, 11) is 0. The lowest BCUT2D eigenvalue weighted by molar-refractivity contribution is -0.137. The third kappa shape index (κ3) is 2.88. The highest BCUT2D eigenvalue weighted by atomic mass is 16.4. The molecule has 2 amide bonds. The van der Waals surface area contributed by atoms with Gasteiger partial charge in [-0.1, -0.05) is 0 Å². The predicted octanol–water partition coefficient (Wildman–Crippen LogP) is -0.0493. The molecule has 2 rings (SSSR count). The second-order valence-electron chi connectivity index (χ2n) is 4.63. The van der Waals surface area contributed by atoms with Crippen molar-refractivity contribution >= 4 is 12.0 Å². The quantitative estimate of drug-likeness (QED) is 0.662.